The van der Waals surface area contributed by atoms with Crippen LogP contribution in [0, 0.1) is 0 Å². The van der Waals surface area contributed by atoms with Crippen molar-refractivity contribution in [3.8, 4) is 0 Å². The first kappa shape index (κ1) is 13.0. The summed E-state index contributed by atoms with van der Waals surface area (Å²) in [4.78, 5) is 13.3. The second-order valence-electron chi connectivity index (χ2n) is 3.54. The summed E-state index contributed by atoms with van der Waals surface area (Å²) in [5.41, 5.74) is 1.00. The molecular formula is C14H17NO2. The number of aliphatic hydroxyl groups is 1. The number of amides is 1. The summed E-state index contributed by atoms with van der Waals surface area (Å²) in [6.07, 6.45) is 1.87. The largest absolute Gasteiger partial charge is 0.506 e. The molecule has 3 nitrogen and oxygen atoms in total. The van der Waals surface area contributed by atoms with Crippen LogP contribution in [-0.4, -0.2) is 11.0 Å². The molecule has 0 aliphatic heterocycles. The van der Waals surface area contributed by atoms with E-state index in [4.69, 9.17) is 0 Å². The smallest absolute Gasteiger partial charge is 0.231 e. The van der Waals surface area contributed by atoms with Crippen molar-refractivity contribution in [1.82, 2.24) is 0 Å². The number of allylic oxidation sites excluding steroid dienone is 1. The molecule has 0 aromatic heterocycles. The minimum Gasteiger partial charge on any atom is -0.506 e. The zero-order valence-electron chi connectivity index (χ0n) is 10.2. The molecule has 1 aromatic carbocycles. The van der Waals surface area contributed by atoms with Crippen LogP contribution in [0.5, 0.6) is 0 Å². The van der Waals surface area contributed by atoms with Crippen molar-refractivity contribution in [3.05, 3.63) is 54.4 Å². The van der Waals surface area contributed by atoms with Gasteiger partial charge in [0.05, 0.1) is 5.70 Å². The fourth-order valence-corrected chi connectivity index (χ4v) is 1.47. The summed E-state index contributed by atoms with van der Waals surface area (Å²) in [7, 11) is 0. The van der Waals surface area contributed by atoms with Crippen LogP contribution < -0.4 is 4.90 Å². The zero-order chi connectivity index (χ0) is 12.8. The van der Waals surface area contributed by atoms with Gasteiger partial charge in [-0.25, -0.2) is 0 Å². The maximum absolute atomic E-state index is 11.9. The molecule has 0 heterocycles. The van der Waals surface area contributed by atoms with Crippen molar-refractivity contribution < 1.29 is 9.90 Å². The van der Waals surface area contributed by atoms with E-state index < -0.39 is 0 Å². The van der Waals surface area contributed by atoms with Gasteiger partial charge >= 0.3 is 0 Å². The summed E-state index contributed by atoms with van der Waals surface area (Å²) in [6, 6.07) is 9.16. The van der Waals surface area contributed by atoms with Crippen LogP contribution in [0.2, 0.25) is 0 Å². The summed E-state index contributed by atoms with van der Waals surface area (Å²) in [6.45, 7) is 7.23. The average molecular weight is 231 g/mol. The van der Waals surface area contributed by atoms with E-state index in [0.29, 0.717) is 17.8 Å². The second-order valence-corrected chi connectivity index (χ2v) is 3.54. The van der Waals surface area contributed by atoms with Crippen LogP contribution in [0.1, 0.15) is 20.3 Å². The molecule has 3 heteroatoms. The number of carbonyl (C=O) groups excluding carboxylic acids is 1. The lowest BCUT2D eigenvalue weighted by atomic mass is 10.2. The number of rotatable bonds is 4. The van der Waals surface area contributed by atoms with Gasteiger partial charge in [-0.1, -0.05) is 31.7 Å². The summed E-state index contributed by atoms with van der Waals surface area (Å²) >= 11 is 0. The first-order valence-electron chi connectivity index (χ1n) is 5.54. The van der Waals surface area contributed by atoms with Gasteiger partial charge in [0, 0.05) is 12.1 Å². The molecule has 0 fully saturated rings. The van der Waals surface area contributed by atoms with Crippen molar-refractivity contribution >= 4 is 11.6 Å². The van der Waals surface area contributed by atoms with Gasteiger partial charge in [0.15, 0.2) is 0 Å². The molecule has 17 heavy (non-hydrogen) atoms. The Kier molecular flexibility index (Phi) is 4.52. The van der Waals surface area contributed by atoms with Gasteiger partial charge in [-0.15, -0.1) is 0 Å². The molecule has 1 rings (SSSR count). The van der Waals surface area contributed by atoms with Gasteiger partial charge in [0.1, 0.15) is 5.76 Å². The minimum absolute atomic E-state index is 0.00986. The highest BCUT2D eigenvalue weighted by atomic mass is 16.3. The Balaban J connectivity index is 3.14. The van der Waals surface area contributed by atoms with Gasteiger partial charge in [0.2, 0.25) is 5.91 Å². The highest BCUT2D eigenvalue weighted by Crippen LogP contribution is 2.22. The molecule has 0 bridgehead atoms. The Labute approximate surface area is 102 Å². The molecule has 0 spiro atoms. The van der Waals surface area contributed by atoms with Gasteiger partial charge in [-0.2, -0.15) is 0 Å². The minimum atomic E-state index is -0.102. The van der Waals surface area contributed by atoms with Crippen LogP contribution >= 0.6 is 0 Å². The molecule has 0 radical (unpaired) electrons. The molecule has 1 amide bonds. The van der Waals surface area contributed by atoms with Crippen LogP contribution in [0.3, 0.4) is 0 Å². The van der Waals surface area contributed by atoms with Crippen LogP contribution in [0.15, 0.2) is 54.4 Å². The van der Waals surface area contributed by atoms with Crippen molar-refractivity contribution in [2.24, 2.45) is 0 Å². The van der Waals surface area contributed by atoms with Crippen LogP contribution in [-0.2, 0) is 4.79 Å². The highest BCUT2D eigenvalue weighted by molar-refractivity contribution is 5.96. The van der Waals surface area contributed by atoms with Gasteiger partial charge in [-0.05, 0) is 25.1 Å². The average Bonchev–Trinajstić information content (AvgIpc) is 2.38. The molecule has 1 aromatic rings. The number of hydrogen-bond acceptors (Lipinski definition) is 2. The third-order valence-corrected chi connectivity index (χ3v) is 2.41. The maximum Gasteiger partial charge on any atom is 0.231 e. The van der Waals surface area contributed by atoms with E-state index in [1.54, 1.807) is 13.8 Å². The van der Waals surface area contributed by atoms with E-state index in [0.717, 1.165) is 0 Å². The third kappa shape index (κ3) is 2.97. The van der Waals surface area contributed by atoms with E-state index in [9.17, 15) is 9.90 Å². The number of nitrogens with zero attached hydrogens (tertiary/aromatic N) is 1. The summed E-state index contributed by atoms with van der Waals surface area (Å²) in [5, 5.41) is 9.67. The lowest BCUT2D eigenvalue weighted by Gasteiger charge is -2.23. The van der Waals surface area contributed by atoms with E-state index in [-0.39, 0.29) is 11.7 Å². The standard InChI is InChI=1S/C14H17NO2/c1-4-13(16)11(3)15(14(17)5-2)12-9-7-6-8-10-12/h4,6-10,16H,3,5H2,1-2H3/b13-4-. The predicted octanol–water partition coefficient (Wildman–Crippen LogP) is 3.41. The molecule has 0 saturated heterocycles. The van der Waals surface area contributed by atoms with Crippen molar-refractivity contribution in [1.29, 1.82) is 0 Å². The third-order valence-electron chi connectivity index (χ3n) is 2.41. The molecule has 1 N–H and O–H groups in total. The monoisotopic (exact) mass is 231 g/mol. The van der Waals surface area contributed by atoms with Crippen molar-refractivity contribution in [2.75, 3.05) is 4.90 Å². The van der Waals surface area contributed by atoms with Crippen molar-refractivity contribution in [3.63, 3.8) is 0 Å². The first-order valence-corrected chi connectivity index (χ1v) is 5.54. The number of carbonyl (C=O) groups is 1. The quantitative estimate of drug-likeness (QED) is 0.637. The number of hydrogen-bond donors (Lipinski definition) is 1. The van der Waals surface area contributed by atoms with E-state index in [2.05, 4.69) is 6.58 Å². The molecule has 90 valence electrons. The number of anilines is 1. The number of benzene rings is 1. The zero-order valence-corrected chi connectivity index (χ0v) is 10.2. The molecule has 0 unspecified atom stereocenters. The fraction of sp³-hybridized carbons (Fsp3) is 0.214. The Hall–Kier alpha value is -2.03. The van der Waals surface area contributed by atoms with Crippen LogP contribution in [0.25, 0.3) is 0 Å². The van der Waals surface area contributed by atoms with E-state index in [1.807, 2.05) is 30.3 Å². The molecule has 0 aliphatic carbocycles. The SMILES string of the molecule is C=C(/C(O)=C/C)N(C(=O)CC)c1ccccc1. The van der Waals surface area contributed by atoms with Gasteiger partial charge in [0.25, 0.3) is 0 Å². The Morgan fingerprint density at radius 3 is 2.47 bits per heavy atom. The lowest BCUT2D eigenvalue weighted by Crippen LogP contribution is -2.29. The molecular weight excluding hydrogens is 214 g/mol. The Morgan fingerprint density at radius 1 is 1.41 bits per heavy atom. The number of para-hydroxylation sites is 1. The molecule has 0 saturated carbocycles. The van der Waals surface area contributed by atoms with E-state index in [1.165, 1.54) is 11.0 Å². The van der Waals surface area contributed by atoms with Crippen molar-refractivity contribution in [2.45, 2.75) is 20.3 Å². The number of aliphatic hydroxyl groups excluding tert-OH is 1. The maximum atomic E-state index is 11.9. The highest BCUT2D eigenvalue weighted by Gasteiger charge is 2.18. The Bertz CT molecular complexity index is 435. The molecule has 0 aliphatic rings. The van der Waals surface area contributed by atoms with E-state index >= 15 is 0 Å². The fourth-order valence-electron chi connectivity index (χ4n) is 1.47. The normalized spacial score (nSPS) is 11.1. The lowest BCUT2D eigenvalue weighted by molar-refractivity contribution is -0.117. The summed E-state index contributed by atoms with van der Waals surface area (Å²) < 4.78 is 0. The molecule has 0 atom stereocenters. The van der Waals surface area contributed by atoms with Gasteiger partial charge < -0.3 is 5.11 Å². The second kappa shape index (κ2) is 5.89. The van der Waals surface area contributed by atoms with Gasteiger partial charge in [-0.3, -0.25) is 9.69 Å². The first-order chi connectivity index (χ1) is 8.11. The Morgan fingerprint density at radius 2 is 2.00 bits per heavy atom. The summed E-state index contributed by atoms with van der Waals surface area (Å²) in [5.74, 6) is -0.0924. The predicted molar refractivity (Wildman–Crippen MR) is 69.7 cm³/mol. The topological polar surface area (TPSA) is 40.5 Å². The van der Waals surface area contributed by atoms with Crippen LogP contribution in [0.4, 0.5) is 5.69 Å².